The van der Waals surface area contributed by atoms with Crippen LogP contribution in [0.4, 0.5) is 5.13 Å². The van der Waals surface area contributed by atoms with E-state index in [1.54, 1.807) is 36.4 Å². The minimum Gasteiger partial charge on any atom is -0.504 e. The number of ketones is 1. The zero-order valence-corrected chi connectivity index (χ0v) is 15.1. The second-order valence-electron chi connectivity index (χ2n) is 5.61. The van der Waals surface area contributed by atoms with Gasteiger partial charge in [-0.3, -0.25) is 14.9 Å². The Hall–Kier alpha value is -3.96. The van der Waals surface area contributed by atoms with Gasteiger partial charge in [-0.1, -0.05) is 36.4 Å². The predicted molar refractivity (Wildman–Crippen MR) is 104 cm³/mol. The Labute approximate surface area is 163 Å². The molecule has 8 heteroatoms. The number of phenolic OH excluding ortho intramolecular Hbond substituents is 2. The summed E-state index contributed by atoms with van der Waals surface area (Å²) in [6.07, 6.45) is 1.26. The lowest BCUT2D eigenvalue weighted by molar-refractivity contribution is -0.112. The van der Waals surface area contributed by atoms with Crippen molar-refractivity contribution >= 4 is 34.2 Å². The molecule has 0 aliphatic rings. The molecule has 3 rings (SSSR count). The highest BCUT2D eigenvalue weighted by Gasteiger charge is 2.16. The number of phenols is 2. The number of carbonyl (C=O) groups excluding carboxylic acids is 2. The number of carbonyl (C=O) groups is 2. The molecule has 0 radical (unpaired) electrons. The minimum atomic E-state index is -0.705. The van der Waals surface area contributed by atoms with Crippen molar-refractivity contribution in [2.45, 2.75) is 0 Å². The highest BCUT2D eigenvalue weighted by Crippen LogP contribution is 2.26. The Morgan fingerprint density at radius 1 is 1.11 bits per heavy atom. The highest BCUT2D eigenvalue weighted by atomic mass is 32.1. The smallest absolute Gasteiger partial charge is 0.268 e. The van der Waals surface area contributed by atoms with Gasteiger partial charge in [0.15, 0.2) is 16.6 Å². The molecule has 28 heavy (non-hydrogen) atoms. The van der Waals surface area contributed by atoms with E-state index in [2.05, 4.69) is 10.3 Å². The lowest BCUT2D eigenvalue weighted by Gasteiger charge is -2.02. The van der Waals surface area contributed by atoms with E-state index in [0.717, 1.165) is 11.3 Å². The first kappa shape index (κ1) is 18.8. The van der Waals surface area contributed by atoms with Crippen LogP contribution in [0.25, 0.3) is 6.08 Å². The molecule has 0 unspecified atom stereocenters. The third-order valence-electron chi connectivity index (χ3n) is 3.67. The Morgan fingerprint density at radius 3 is 2.54 bits per heavy atom. The topological polar surface area (TPSA) is 123 Å². The maximum atomic E-state index is 12.4. The molecule has 3 N–H and O–H groups in total. The molecule has 1 heterocycles. The highest BCUT2D eigenvalue weighted by molar-refractivity contribution is 7.14. The third-order valence-corrected chi connectivity index (χ3v) is 4.43. The van der Waals surface area contributed by atoms with Crippen LogP contribution in [0.15, 0.2) is 59.5 Å². The number of anilines is 1. The van der Waals surface area contributed by atoms with Crippen LogP contribution in [-0.2, 0) is 4.79 Å². The van der Waals surface area contributed by atoms with Gasteiger partial charge in [0.25, 0.3) is 5.91 Å². The van der Waals surface area contributed by atoms with Crippen LogP contribution in [-0.4, -0.2) is 26.9 Å². The van der Waals surface area contributed by atoms with Gasteiger partial charge in [-0.2, -0.15) is 5.26 Å². The molecular formula is C20H13N3O4S. The van der Waals surface area contributed by atoms with Crippen molar-refractivity contribution in [3.63, 3.8) is 0 Å². The van der Waals surface area contributed by atoms with Crippen molar-refractivity contribution in [3.8, 4) is 17.6 Å². The summed E-state index contributed by atoms with van der Waals surface area (Å²) in [5.41, 5.74) is 0.810. The Balaban J connectivity index is 1.76. The summed E-state index contributed by atoms with van der Waals surface area (Å²) in [6.45, 7) is 0. The third kappa shape index (κ3) is 4.23. The van der Waals surface area contributed by atoms with Crippen molar-refractivity contribution in [2.75, 3.05) is 5.32 Å². The molecule has 0 aliphatic carbocycles. The molecule has 138 valence electrons. The standard InChI is InChI=1S/C20H13N3O4S/c21-10-14(8-12-6-7-16(24)17(25)9-12)19(27)23-20-22-15(11-28-20)18(26)13-4-2-1-3-5-13/h1-9,11,24-25H,(H,22,23,27)/b14-8+. The number of rotatable bonds is 5. The molecule has 0 fully saturated rings. The first-order chi connectivity index (χ1) is 13.5. The molecule has 2 aromatic carbocycles. The van der Waals surface area contributed by atoms with Gasteiger partial charge in [-0.15, -0.1) is 11.3 Å². The van der Waals surface area contributed by atoms with E-state index < -0.39 is 5.91 Å². The second kappa shape index (κ2) is 8.16. The van der Waals surface area contributed by atoms with Crippen LogP contribution in [0.2, 0.25) is 0 Å². The van der Waals surface area contributed by atoms with Crippen molar-refractivity contribution in [2.24, 2.45) is 0 Å². The number of thiazole rings is 1. The monoisotopic (exact) mass is 391 g/mol. The zero-order chi connectivity index (χ0) is 20.1. The summed E-state index contributed by atoms with van der Waals surface area (Å²) in [7, 11) is 0. The van der Waals surface area contributed by atoms with E-state index >= 15 is 0 Å². The predicted octanol–water partition coefficient (Wildman–Crippen LogP) is 3.33. The van der Waals surface area contributed by atoms with Crippen LogP contribution in [0, 0.1) is 11.3 Å². The Morgan fingerprint density at radius 2 is 1.86 bits per heavy atom. The zero-order valence-electron chi connectivity index (χ0n) is 14.3. The number of nitrogens with one attached hydrogen (secondary N) is 1. The molecule has 0 atom stereocenters. The molecule has 0 saturated carbocycles. The van der Waals surface area contributed by atoms with Crippen LogP contribution in [0.3, 0.4) is 0 Å². The Bertz CT molecular complexity index is 1110. The number of hydrogen-bond donors (Lipinski definition) is 3. The average Bonchev–Trinajstić information content (AvgIpc) is 3.17. The normalized spacial score (nSPS) is 10.9. The van der Waals surface area contributed by atoms with E-state index in [1.165, 1.54) is 29.7 Å². The summed E-state index contributed by atoms with van der Waals surface area (Å²) in [6, 6.07) is 14.3. The van der Waals surface area contributed by atoms with Gasteiger partial charge in [0, 0.05) is 10.9 Å². The van der Waals surface area contributed by atoms with Gasteiger partial charge in [-0.05, 0) is 23.8 Å². The Kier molecular flexibility index (Phi) is 5.48. The molecule has 1 aromatic heterocycles. The maximum Gasteiger partial charge on any atom is 0.268 e. The first-order valence-electron chi connectivity index (χ1n) is 7.98. The molecule has 0 spiro atoms. The largest absolute Gasteiger partial charge is 0.504 e. The van der Waals surface area contributed by atoms with Crippen molar-refractivity contribution in [1.82, 2.24) is 4.98 Å². The summed E-state index contributed by atoms with van der Waals surface area (Å²) in [4.78, 5) is 28.8. The van der Waals surface area contributed by atoms with E-state index in [1.807, 2.05) is 0 Å². The molecule has 7 nitrogen and oxygen atoms in total. The summed E-state index contributed by atoms with van der Waals surface area (Å²) < 4.78 is 0. The van der Waals surface area contributed by atoms with E-state index in [9.17, 15) is 25.1 Å². The fourth-order valence-electron chi connectivity index (χ4n) is 2.28. The van der Waals surface area contributed by atoms with Crippen molar-refractivity contribution < 1.29 is 19.8 Å². The number of aromatic nitrogens is 1. The molecular weight excluding hydrogens is 378 g/mol. The molecule has 0 aliphatic heterocycles. The van der Waals surface area contributed by atoms with Gasteiger partial charge in [0.2, 0.25) is 5.78 Å². The van der Waals surface area contributed by atoms with E-state index in [-0.39, 0.29) is 33.7 Å². The molecule has 3 aromatic rings. The van der Waals surface area contributed by atoms with Gasteiger partial charge in [0.05, 0.1) is 0 Å². The number of nitrogens with zero attached hydrogens (tertiary/aromatic N) is 2. The summed E-state index contributed by atoms with van der Waals surface area (Å²) in [5, 5.41) is 32.2. The first-order valence-corrected chi connectivity index (χ1v) is 8.86. The average molecular weight is 391 g/mol. The van der Waals surface area contributed by atoms with Crippen molar-refractivity contribution in [3.05, 3.63) is 76.3 Å². The number of hydrogen-bond acceptors (Lipinski definition) is 7. The van der Waals surface area contributed by atoms with Crippen LogP contribution in [0.5, 0.6) is 11.5 Å². The SMILES string of the molecule is N#C/C(=C\c1ccc(O)c(O)c1)C(=O)Nc1nc(C(=O)c2ccccc2)cs1. The lowest BCUT2D eigenvalue weighted by atomic mass is 10.1. The maximum absolute atomic E-state index is 12.4. The number of amides is 1. The quantitative estimate of drug-likeness (QED) is 0.265. The van der Waals surface area contributed by atoms with E-state index in [4.69, 9.17) is 0 Å². The number of nitriles is 1. The number of benzene rings is 2. The van der Waals surface area contributed by atoms with E-state index in [0.29, 0.717) is 11.1 Å². The minimum absolute atomic E-state index is 0.180. The van der Waals surface area contributed by atoms with Crippen LogP contribution >= 0.6 is 11.3 Å². The summed E-state index contributed by atoms with van der Waals surface area (Å²) in [5.74, 6) is -1.65. The molecule has 0 saturated heterocycles. The molecule has 0 bridgehead atoms. The molecule has 1 amide bonds. The number of aromatic hydroxyl groups is 2. The van der Waals surface area contributed by atoms with Crippen LogP contribution in [0.1, 0.15) is 21.6 Å². The van der Waals surface area contributed by atoms with Gasteiger partial charge in [-0.25, -0.2) is 4.98 Å². The lowest BCUT2D eigenvalue weighted by Crippen LogP contribution is -2.13. The van der Waals surface area contributed by atoms with Crippen molar-refractivity contribution in [1.29, 1.82) is 5.26 Å². The van der Waals surface area contributed by atoms with Crippen LogP contribution < -0.4 is 5.32 Å². The van der Waals surface area contributed by atoms with Gasteiger partial charge in [0.1, 0.15) is 17.3 Å². The van der Waals surface area contributed by atoms with Gasteiger partial charge < -0.3 is 10.2 Å². The van der Waals surface area contributed by atoms with Gasteiger partial charge >= 0.3 is 0 Å². The fraction of sp³-hybridized carbons (Fsp3) is 0. The second-order valence-corrected chi connectivity index (χ2v) is 6.46. The summed E-state index contributed by atoms with van der Waals surface area (Å²) >= 11 is 1.07. The fourth-order valence-corrected chi connectivity index (χ4v) is 2.97.